The molecule has 1 N–H and O–H groups in total. The molecule has 0 aromatic carbocycles. The van der Waals surface area contributed by atoms with Crippen molar-refractivity contribution in [2.45, 2.75) is 59.0 Å². The van der Waals surface area contributed by atoms with Crippen LogP contribution in [-0.2, 0) is 0 Å². The standard InChI is InChI=1S/C10H22O/c1-4-6-8-10(7-5-2)9(3)11/h9-11H,4-8H2,1-3H3. The lowest BCUT2D eigenvalue weighted by Crippen LogP contribution is -2.16. The molecule has 1 heteroatoms. The SMILES string of the molecule is CCCCC(CCC)C(C)O. The molecule has 2 atom stereocenters. The van der Waals surface area contributed by atoms with Crippen LogP contribution in [0.3, 0.4) is 0 Å². The first-order valence-corrected chi connectivity index (χ1v) is 4.90. The van der Waals surface area contributed by atoms with E-state index in [-0.39, 0.29) is 6.10 Å². The van der Waals surface area contributed by atoms with Crippen LogP contribution in [0.15, 0.2) is 0 Å². The van der Waals surface area contributed by atoms with E-state index in [1.165, 1.54) is 32.1 Å². The predicted molar refractivity (Wildman–Crippen MR) is 49.6 cm³/mol. The molecule has 0 rings (SSSR count). The molecule has 0 aliphatic heterocycles. The molecule has 2 unspecified atom stereocenters. The molecule has 0 aromatic heterocycles. The van der Waals surface area contributed by atoms with Crippen LogP contribution in [0.5, 0.6) is 0 Å². The molecule has 0 aliphatic carbocycles. The first kappa shape index (κ1) is 11.0. The molecule has 0 radical (unpaired) electrons. The van der Waals surface area contributed by atoms with Crippen LogP contribution in [0, 0.1) is 5.92 Å². The fourth-order valence-electron chi connectivity index (χ4n) is 1.46. The van der Waals surface area contributed by atoms with E-state index in [2.05, 4.69) is 13.8 Å². The van der Waals surface area contributed by atoms with Gasteiger partial charge in [-0.3, -0.25) is 0 Å². The highest BCUT2D eigenvalue weighted by Crippen LogP contribution is 2.18. The molecule has 0 aliphatic rings. The molecule has 0 heterocycles. The monoisotopic (exact) mass is 158 g/mol. The van der Waals surface area contributed by atoms with Gasteiger partial charge in [-0.2, -0.15) is 0 Å². The second-order valence-corrected chi connectivity index (χ2v) is 3.43. The molecule has 1 nitrogen and oxygen atoms in total. The van der Waals surface area contributed by atoms with E-state index in [0.29, 0.717) is 5.92 Å². The Balaban J connectivity index is 3.51. The van der Waals surface area contributed by atoms with E-state index in [0.717, 1.165) is 0 Å². The van der Waals surface area contributed by atoms with Crippen LogP contribution < -0.4 is 0 Å². The summed E-state index contributed by atoms with van der Waals surface area (Å²) in [5.41, 5.74) is 0. The number of rotatable bonds is 6. The van der Waals surface area contributed by atoms with Crippen molar-refractivity contribution in [3.63, 3.8) is 0 Å². The van der Waals surface area contributed by atoms with Crippen molar-refractivity contribution in [3.05, 3.63) is 0 Å². The van der Waals surface area contributed by atoms with Crippen LogP contribution in [0.4, 0.5) is 0 Å². The molecule has 0 aromatic rings. The maximum absolute atomic E-state index is 9.37. The first-order chi connectivity index (χ1) is 5.22. The highest BCUT2D eigenvalue weighted by molar-refractivity contribution is 4.63. The summed E-state index contributed by atoms with van der Waals surface area (Å²) in [5.74, 6) is 0.542. The third kappa shape index (κ3) is 5.25. The summed E-state index contributed by atoms with van der Waals surface area (Å²) in [5, 5.41) is 9.37. The van der Waals surface area contributed by atoms with Gasteiger partial charge in [0.2, 0.25) is 0 Å². The number of hydrogen-bond donors (Lipinski definition) is 1. The van der Waals surface area contributed by atoms with Gasteiger partial charge in [-0.1, -0.05) is 33.1 Å². The van der Waals surface area contributed by atoms with Crippen molar-refractivity contribution in [1.29, 1.82) is 0 Å². The summed E-state index contributed by atoms with van der Waals surface area (Å²) >= 11 is 0. The van der Waals surface area contributed by atoms with Gasteiger partial charge in [0.05, 0.1) is 6.10 Å². The second-order valence-electron chi connectivity index (χ2n) is 3.43. The van der Waals surface area contributed by atoms with E-state index >= 15 is 0 Å². The summed E-state index contributed by atoms with van der Waals surface area (Å²) in [7, 11) is 0. The highest BCUT2D eigenvalue weighted by atomic mass is 16.3. The van der Waals surface area contributed by atoms with E-state index in [9.17, 15) is 5.11 Å². The Morgan fingerprint density at radius 1 is 1.09 bits per heavy atom. The van der Waals surface area contributed by atoms with Crippen molar-refractivity contribution < 1.29 is 5.11 Å². The Kier molecular flexibility index (Phi) is 6.63. The topological polar surface area (TPSA) is 20.2 Å². The molecule has 0 fully saturated rings. The normalized spacial score (nSPS) is 16.4. The summed E-state index contributed by atoms with van der Waals surface area (Å²) in [6, 6.07) is 0. The average Bonchev–Trinajstić information content (AvgIpc) is 1.97. The fourth-order valence-corrected chi connectivity index (χ4v) is 1.46. The Bertz CT molecular complexity index is 78.9. The molecule has 11 heavy (non-hydrogen) atoms. The Labute approximate surface area is 70.8 Å². The fraction of sp³-hybridized carbons (Fsp3) is 1.00. The van der Waals surface area contributed by atoms with Crippen LogP contribution in [-0.4, -0.2) is 11.2 Å². The Morgan fingerprint density at radius 2 is 1.73 bits per heavy atom. The smallest absolute Gasteiger partial charge is 0.0540 e. The molecule has 0 saturated heterocycles. The van der Waals surface area contributed by atoms with Crippen molar-refractivity contribution in [2.24, 2.45) is 5.92 Å². The van der Waals surface area contributed by atoms with Crippen LogP contribution in [0.1, 0.15) is 52.9 Å². The van der Waals surface area contributed by atoms with E-state index in [1.54, 1.807) is 0 Å². The summed E-state index contributed by atoms with van der Waals surface area (Å²) in [6.45, 7) is 6.29. The number of hydrogen-bond acceptors (Lipinski definition) is 1. The van der Waals surface area contributed by atoms with Crippen molar-refractivity contribution >= 4 is 0 Å². The van der Waals surface area contributed by atoms with Gasteiger partial charge >= 0.3 is 0 Å². The third-order valence-corrected chi connectivity index (χ3v) is 2.27. The second kappa shape index (κ2) is 6.66. The van der Waals surface area contributed by atoms with Crippen molar-refractivity contribution in [3.8, 4) is 0 Å². The zero-order valence-electron chi connectivity index (χ0n) is 8.14. The molecular weight excluding hydrogens is 136 g/mol. The number of unbranched alkanes of at least 4 members (excludes halogenated alkanes) is 1. The Hall–Kier alpha value is -0.0400. The van der Waals surface area contributed by atoms with Crippen LogP contribution in [0.2, 0.25) is 0 Å². The van der Waals surface area contributed by atoms with Gasteiger partial charge in [0.1, 0.15) is 0 Å². The van der Waals surface area contributed by atoms with Gasteiger partial charge in [-0.15, -0.1) is 0 Å². The number of aliphatic hydroxyl groups is 1. The summed E-state index contributed by atoms with van der Waals surface area (Å²) in [4.78, 5) is 0. The molecule has 0 saturated carbocycles. The first-order valence-electron chi connectivity index (χ1n) is 4.90. The minimum atomic E-state index is -0.110. The lowest BCUT2D eigenvalue weighted by molar-refractivity contribution is 0.112. The number of aliphatic hydroxyl groups excluding tert-OH is 1. The lowest BCUT2D eigenvalue weighted by atomic mass is 9.92. The van der Waals surface area contributed by atoms with Gasteiger partial charge in [0, 0.05) is 0 Å². The maximum atomic E-state index is 9.37. The van der Waals surface area contributed by atoms with Gasteiger partial charge in [0.15, 0.2) is 0 Å². The Morgan fingerprint density at radius 3 is 2.09 bits per heavy atom. The minimum Gasteiger partial charge on any atom is -0.393 e. The van der Waals surface area contributed by atoms with E-state index in [4.69, 9.17) is 0 Å². The molecule has 0 bridgehead atoms. The van der Waals surface area contributed by atoms with Gasteiger partial charge < -0.3 is 5.11 Å². The third-order valence-electron chi connectivity index (χ3n) is 2.27. The highest BCUT2D eigenvalue weighted by Gasteiger charge is 2.12. The maximum Gasteiger partial charge on any atom is 0.0540 e. The largest absolute Gasteiger partial charge is 0.393 e. The van der Waals surface area contributed by atoms with Crippen molar-refractivity contribution in [2.75, 3.05) is 0 Å². The quantitative estimate of drug-likeness (QED) is 0.630. The zero-order valence-corrected chi connectivity index (χ0v) is 8.14. The molecule has 0 amide bonds. The molecular formula is C10H22O. The average molecular weight is 158 g/mol. The van der Waals surface area contributed by atoms with Crippen LogP contribution >= 0.6 is 0 Å². The van der Waals surface area contributed by atoms with Gasteiger partial charge in [-0.05, 0) is 25.7 Å². The van der Waals surface area contributed by atoms with Gasteiger partial charge in [-0.25, -0.2) is 0 Å². The van der Waals surface area contributed by atoms with E-state index < -0.39 is 0 Å². The molecule has 0 spiro atoms. The minimum absolute atomic E-state index is 0.110. The zero-order chi connectivity index (χ0) is 8.69. The van der Waals surface area contributed by atoms with Gasteiger partial charge in [0.25, 0.3) is 0 Å². The van der Waals surface area contributed by atoms with Crippen LogP contribution in [0.25, 0.3) is 0 Å². The molecule has 68 valence electrons. The summed E-state index contributed by atoms with van der Waals surface area (Å²) in [6.07, 6.45) is 5.96. The van der Waals surface area contributed by atoms with Crippen molar-refractivity contribution in [1.82, 2.24) is 0 Å². The lowest BCUT2D eigenvalue weighted by Gasteiger charge is -2.18. The van der Waals surface area contributed by atoms with E-state index in [1.807, 2.05) is 6.92 Å². The predicted octanol–water partition coefficient (Wildman–Crippen LogP) is 2.97. The summed E-state index contributed by atoms with van der Waals surface area (Å²) < 4.78 is 0.